The van der Waals surface area contributed by atoms with E-state index in [-0.39, 0.29) is 11.5 Å². The molecule has 1 heterocycles. The Bertz CT molecular complexity index is 582. The predicted molar refractivity (Wildman–Crippen MR) is 63.6 cm³/mol. The average Bonchev–Trinajstić information content (AvgIpc) is 2.28. The van der Waals surface area contributed by atoms with E-state index in [1.165, 1.54) is 0 Å². The molecule has 0 unspecified atom stereocenters. The molecule has 0 atom stereocenters. The first-order valence-electron chi connectivity index (χ1n) is 5.00. The van der Waals surface area contributed by atoms with Crippen LogP contribution in [0.3, 0.4) is 0 Å². The van der Waals surface area contributed by atoms with E-state index < -0.39 is 5.97 Å². The minimum absolute atomic E-state index is 0.0805. The number of nitrogens with zero attached hydrogens (tertiary/aromatic N) is 2. The zero-order valence-corrected chi connectivity index (χ0v) is 9.21. The van der Waals surface area contributed by atoms with Gasteiger partial charge in [-0.15, -0.1) is 0 Å². The van der Waals surface area contributed by atoms with Crippen LogP contribution in [0.4, 0.5) is 5.82 Å². The van der Waals surface area contributed by atoms with Crippen molar-refractivity contribution >= 4 is 11.8 Å². The Morgan fingerprint density at radius 2 is 2.12 bits per heavy atom. The summed E-state index contributed by atoms with van der Waals surface area (Å²) in [7, 11) is 0. The molecule has 5 nitrogen and oxygen atoms in total. The van der Waals surface area contributed by atoms with Crippen LogP contribution >= 0.6 is 0 Å². The first-order chi connectivity index (χ1) is 8.09. The van der Waals surface area contributed by atoms with Crippen LogP contribution in [0.25, 0.3) is 11.1 Å². The maximum atomic E-state index is 11.1. The van der Waals surface area contributed by atoms with Crippen molar-refractivity contribution in [3.8, 4) is 11.1 Å². The molecule has 0 amide bonds. The highest BCUT2D eigenvalue weighted by Gasteiger charge is 2.16. The Hall–Kier alpha value is -2.43. The van der Waals surface area contributed by atoms with Crippen molar-refractivity contribution in [2.45, 2.75) is 6.92 Å². The number of carboxylic acid groups (broad SMARTS) is 1. The third-order valence-electron chi connectivity index (χ3n) is 2.39. The summed E-state index contributed by atoms with van der Waals surface area (Å²) in [6, 6.07) is 7.39. The summed E-state index contributed by atoms with van der Waals surface area (Å²) >= 11 is 0. The van der Waals surface area contributed by atoms with Crippen molar-refractivity contribution < 1.29 is 9.90 Å². The summed E-state index contributed by atoms with van der Waals surface area (Å²) in [5, 5.41) is 9.07. The van der Waals surface area contributed by atoms with E-state index in [4.69, 9.17) is 10.8 Å². The summed E-state index contributed by atoms with van der Waals surface area (Å²) in [5.74, 6) is -0.946. The van der Waals surface area contributed by atoms with Crippen molar-refractivity contribution in [2.75, 3.05) is 5.73 Å². The molecule has 0 saturated heterocycles. The number of aryl methyl sites for hydroxylation is 1. The second-order valence-electron chi connectivity index (χ2n) is 3.66. The first-order valence-corrected chi connectivity index (χ1v) is 5.00. The number of carbonyl (C=O) groups is 1. The van der Waals surface area contributed by atoms with Gasteiger partial charge in [0.15, 0.2) is 5.69 Å². The van der Waals surface area contributed by atoms with E-state index in [9.17, 15) is 4.79 Å². The Morgan fingerprint density at radius 3 is 2.76 bits per heavy atom. The molecule has 2 aromatic rings. The van der Waals surface area contributed by atoms with Gasteiger partial charge in [-0.1, -0.05) is 29.8 Å². The van der Waals surface area contributed by atoms with Crippen LogP contribution in [0.1, 0.15) is 16.1 Å². The predicted octanol–water partition coefficient (Wildman–Crippen LogP) is 1.73. The minimum Gasteiger partial charge on any atom is -0.476 e. The largest absolute Gasteiger partial charge is 0.476 e. The Labute approximate surface area is 98.0 Å². The number of aromatic carboxylic acids is 1. The van der Waals surface area contributed by atoms with E-state index in [1.807, 2.05) is 25.1 Å². The highest BCUT2D eigenvalue weighted by atomic mass is 16.4. The van der Waals surface area contributed by atoms with Gasteiger partial charge in [0, 0.05) is 0 Å². The van der Waals surface area contributed by atoms with Crippen LogP contribution < -0.4 is 5.73 Å². The number of anilines is 1. The lowest BCUT2D eigenvalue weighted by atomic mass is 10.0. The zero-order chi connectivity index (χ0) is 12.4. The van der Waals surface area contributed by atoms with Gasteiger partial charge in [0.05, 0.1) is 5.56 Å². The SMILES string of the molecule is Cc1cccc(-c2c(N)ncnc2C(=O)O)c1. The molecule has 0 aliphatic rings. The maximum Gasteiger partial charge on any atom is 0.355 e. The molecule has 0 fully saturated rings. The fourth-order valence-electron chi connectivity index (χ4n) is 1.65. The minimum atomic E-state index is -1.12. The fourth-order valence-corrected chi connectivity index (χ4v) is 1.65. The van der Waals surface area contributed by atoms with E-state index in [0.717, 1.165) is 11.9 Å². The van der Waals surface area contributed by atoms with Crippen molar-refractivity contribution in [3.05, 3.63) is 41.9 Å². The first kappa shape index (κ1) is 11.1. The smallest absolute Gasteiger partial charge is 0.355 e. The van der Waals surface area contributed by atoms with Gasteiger partial charge in [0.2, 0.25) is 0 Å². The number of aromatic nitrogens is 2. The van der Waals surface area contributed by atoms with Crippen LogP contribution in [0, 0.1) is 6.92 Å². The summed E-state index contributed by atoms with van der Waals surface area (Å²) in [6.45, 7) is 1.92. The van der Waals surface area contributed by atoms with Crippen LogP contribution in [0.2, 0.25) is 0 Å². The molecule has 0 aliphatic carbocycles. The van der Waals surface area contributed by atoms with Gasteiger partial charge in [-0.05, 0) is 12.5 Å². The summed E-state index contributed by atoms with van der Waals surface area (Å²) in [4.78, 5) is 18.7. The van der Waals surface area contributed by atoms with Gasteiger partial charge in [0.25, 0.3) is 0 Å². The second kappa shape index (κ2) is 4.21. The molecule has 1 aromatic heterocycles. The molecular weight excluding hydrogens is 218 g/mol. The summed E-state index contributed by atoms with van der Waals surface area (Å²) in [6.07, 6.45) is 1.15. The normalized spacial score (nSPS) is 10.2. The number of nitrogens with two attached hydrogens (primary N) is 1. The van der Waals surface area contributed by atoms with Crippen LogP contribution in [0.15, 0.2) is 30.6 Å². The van der Waals surface area contributed by atoms with Gasteiger partial charge in [-0.3, -0.25) is 0 Å². The molecule has 86 valence electrons. The molecule has 0 saturated carbocycles. The highest BCUT2D eigenvalue weighted by Crippen LogP contribution is 2.27. The van der Waals surface area contributed by atoms with Crippen molar-refractivity contribution in [1.82, 2.24) is 9.97 Å². The highest BCUT2D eigenvalue weighted by molar-refractivity contribution is 5.96. The maximum absolute atomic E-state index is 11.1. The van der Waals surface area contributed by atoms with Gasteiger partial charge >= 0.3 is 5.97 Å². The van der Waals surface area contributed by atoms with Crippen molar-refractivity contribution in [2.24, 2.45) is 0 Å². The lowest BCUT2D eigenvalue weighted by Gasteiger charge is -2.08. The molecule has 3 N–H and O–H groups in total. The second-order valence-corrected chi connectivity index (χ2v) is 3.66. The Morgan fingerprint density at radius 1 is 1.35 bits per heavy atom. The van der Waals surface area contributed by atoms with E-state index in [1.54, 1.807) is 6.07 Å². The molecule has 0 radical (unpaired) electrons. The third-order valence-corrected chi connectivity index (χ3v) is 2.39. The van der Waals surface area contributed by atoms with Gasteiger partial charge in [-0.25, -0.2) is 14.8 Å². The quantitative estimate of drug-likeness (QED) is 0.818. The molecule has 0 bridgehead atoms. The summed E-state index contributed by atoms with van der Waals surface area (Å²) < 4.78 is 0. The number of benzene rings is 1. The van der Waals surface area contributed by atoms with Crippen LogP contribution in [-0.2, 0) is 0 Å². The lowest BCUT2D eigenvalue weighted by molar-refractivity contribution is 0.0691. The van der Waals surface area contributed by atoms with Crippen LogP contribution in [0.5, 0.6) is 0 Å². The third kappa shape index (κ3) is 2.08. The molecule has 0 aliphatic heterocycles. The molecule has 2 rings (SSSR count). The van der Waals surface area contributed by atoms with Gasteiger partial charge in [0.1, 0.15) is 12.1 Å². The van der Waals surface area contributed by atoms with Crippen LogP contribution in [-0.4, -0.2) is 21.0 Å². The standard InChI is InChI=1S/C12H11N3O2/c1-7-3-2-4-8(5-7)9-10(12(16)17)14-6-15-11(9)13/h2-6H,1H3,(H,16,17)(H2,13,14,15). The fraction of sp³-hybridized carbons (Fsp3) is 0.0833. The monoisotopic (exact) mass is 229 g/mol. The molecular formula is C12H11N3O2. The van der Waals surface area contributed by atoms with E-state index in [2.05, 4.69) is 9.97 Å². The summed E-state index contributed by atoms with van der Waals surface area (Å²) in [5.41, 5.74) is 7.74. The van der Waals surface area contributed by atoms with Crippen molar-refractivity contribution in [1.29, 1.82) is 0 Å². The number of hydrogen-bond donors (Lipinski definition) is 2. The van der Waals surface area contributed by atoms with Crippen molar-refractivity contribution in [3.63, 3.8) is 0 Å². The zero-order valence-electron chi connectivity index (χ0n) is 9.21. The molecule has 5 heteroatoms. The average molecular weight is 229 g/mol. The van der Waals surface area contributed by atoms with E-state index >= 15 is 0 Å². The number of rotatable bonds is 2. The van der Waals surface area contributed by atoms with E-state index in [0.29, 0.717) is 11.1 Å². The number of hydrogen-bond acceptors (Lipinski definition) is 4. The number of nitrogen functional groups attached to an aromatic ring is 1. The lowest BCUT2D eigenvalue weighted by Crippen LogP contribution is -2.07. The van der Waals surface area contributed by atoms with Gasteiger partial charge in [-0.2, -0.15) is 0 Å². The molecule has 0 spiro atoms. The Balaban J connectivity index is 2.70. The van der Waals surface area contributed by atoms with Gasteiger partial charge < -0.3 is 10.8 Å². The molecule has 1 aromatic carbocycles. The molecule has 17 heavy (non-hydrogen) atoms. The Kier molecular flexibility index (Phi) is 2.74. The topological polar surface area (TPSA) is 89.1 Å². The number of carboxylic acids is 1.